The summed E-state index contributed by atoms with van der Waals surface area (Å²) < 4.78 is 23.4. The van der Waals surface area contributed by atoms with Crippen molar-refractivity contribution >= 4 is 5.97 Å². The molecule has 0 aromatic heterocycles. The average molecular weight is 290 g/mol. The van der Waals surface area contributed by atoms with Gasteiger partial charge in [-0.15, -0.1) is 0 Å². The molecule has 0 saturated carbocycles. The monoisotopic (exact) mass is 290 g/mol. The standard InChI is InChI=1S/C16H15FO4/c1-10-4-3-5-13(15(10)18)16(19)21-9-11-8-12(17)6-7-14(11)20-2/h3-8,18H,9H2,1-2H3. The number of aromatic hydroxyl groups is 1. The third-order valence-corrected chi connectivity index (χ3v) is 3.06. The Balaban J connectivity index is 2.15. The van der Waals surface area contributed by atoms with Gasteiger partial charge in [-0.2, -0.15) is 0 Å². The first-order chi connectivity index (χ1) is 10.0. The molecule has 21 heavy (non-hydrogen) atoms. The normalized spacial score (nSPS) is 10.2. The van der Waals surface area contributed by atoms with E-state index in [1.807, 2.05) is 0 Å². The van der Waals surface area contributed by atoms with Crippen molar-refractivity contribution in [1.82, 2.24) is 0 Å². The fourth-order valence-electron chi connectivity index (χ4n) is 1.90. The lowest BCUT2D eigenvalue weighted by Gasteiger charge is -2.10. The second kappa shape index (κ2) is 6.26. The van der Waals surface area contributed by atoms with Crippen LogP contribution in [0.3, 0.4) is 0 Å². The molecule has 4 nitrogen and oxygen atoms in total. The SMILES string of the molecule is COc1ccc(F)cc1COC(=O)c1cccc(C)c1O. The van der Waals surface area contributed by atoms with Gasteiger partial charge in [0.2, 0.25) is 0 Å². The molecule has 0 atom stereocenters. The van der Waals surface area contributed by atoms with E-state index in [9.17, 15) is 14.3 Å². The molecule has 0 heterocycles. The van der Waals surface area contributed by atoms with E-state index in [0.717, 1.165) is 0 Å². The maximum atomic E-state index is 13.2. The zero-order chi connectivity index (χ0) is 15.4. The molecule has 2 rings (SSSR count). The number of esters is 1. The van der Waals surface area contributed by atoms with E-state index >= 15 is 0 Å². The number of carbonyl (C=O) groups excluding carboxylic acids is 1. The lowest BCUT2D eigenvalue weighted by molar-refractivity contribution is 0.0466. The van der Waals surface area contributed by atoms with Gasteiger partial charge in [0.1, 0.15) is 29.5 Å². The third-order valence-electron chi connectivity index (χ3n) is 3.06. The number of benzene rings is 2. The van der Waals surface area contributed by atoms with Crippen molar-refractivity contribution in [2.75, 3.05) is 7.11 Å². The first-order valence-electron chi connectivity index (χ1n) is 6.31. The van der Waals surface area contributed by atoms with E-state index in [-0.39, 0.29) is 17.9 Å². The van der Waals surface area contributed by atoms with Crippen LogP contribution in [0, 0.1) is 12.7 Å². The smallest absolute Gasteiger partial charge is 0.342 e. The molecule has 0 fully saturated rings. The Morgan fingerprint density at radius 3 is 2.76 bits per heavy atom. The van der Waals surface area contributed by atoms with Crippen LogP contribution in [0.5, 0.6) is 11.5 Å². The summed E-state index contributed by atoms with van der Waals surface area (Å²) in [5.41, 5.74) is 1.07. The van der Waals surface area contributed by atoms with Crippen molar-refractivity contribution in [3.8, 4) is 11.5 Å². The highest BCUT2D eigenvalue weighted by Gasteiger charge is 2.15. The summed E-state index contributed by atoms with van der Waals surface area (Å²) in [5.74, 6) is -0.811. The molecule has 2 aromatic rings. The van der Waals surface area contributed by atoms with E-state index in [0.29, 0.717) is 16.9 Å². The second-order valence-electron chi connectivity index (χ2n) is 4.50. The highest BCUT2D eigenvalue weighted by molar-refractivity contribution is 5.92. The maximum Gasteiger partial charge on any atom is 0.342 e. The Morgan fingerprint density at radius 2 is 2.05 bits per heavy atom. The number of hydrogen-bond acceptors (Lipinski definition) is 4. The minimum atomic E-state index is -0.678. The van der Waals surface area contributed by atoms with Crippen molar-refractivity contribution in [3.63, 3.8) is 0 Å². The molecule has 0 aliphatic rings. The molecule has 0 amide bonds. The van der Waals surface area contributed by atoms with Gasteiger partial charge in [-0.05, 0) is 36.8 Å². The number of halogens is 1. The fourth-order valence-corrected chi connectivity index (χ4v) is 1.90. The van der Waals surface area contributed by atoms with Gasteiger partial charge < -0.3 is 14.6 Å². The molecule has 0 radical (unpaired) electrons. The van der Waals surface area contributed by atoms with Crippen molar-refractivity contribution in [1.29, 1.82) is 0 Å². The number of methoxy groups -OCH3 is 1. The topological polar surface area (TPSA) is 55.8 Å². The van der Waals surface area contributed by atoms with Crippen LogP contribution in [-0.4, -0.2) is 18.2 Å². The van der Waals surface area contributed by atoms with Crippen LogP contribution in [0.4, 0.5) is 4.39 Å². The Hall–Kier alpha value is -2.56. The van der Waals surface area contributed by atoms with Crippen LogP contribution in [-0.2, 0) is 11.3 Å². The number of hydrogen-bond donors (Lipinski definition) is 1. The first kappa shape index (κ1) is 14.8. The summed E-state index contributed by atoms with van der Waals surface area (Å²) >= 11 is 0. The molecule has 0 aliphatic carbocycles. The Bertz CT molecular complexity index is 667. The van der Waals surface area contributed by atoms with Crippen LogP contribution in [0.15, 0.2) is 36.4 Å². The van der Waals surface area contributed by atoms with E-state index in [4.69, 9.17) is 9.47 Å². The van der Waals surface area contributed by atoms with Gasteiger partial charge >= 0.3 is 5.97 Å². The molecule has 0 unspecified atom stereocenters. The van der Waals surface area contributed by atoms with Gasteiger partial charge in [0, 0.05) is 5.56 Å². The van der Waals surface area contributed by atoms with Crippen molar-refractivity contribution in [2.45, 2.75) is 13.5 Å². The van der Waals surface area contributed by atoms with Crippen molar-refractivity contribution in [3.05, 3.63) is 58.9 Å². The Labute approximate surface area is 121 Å². The van der Waals surface area contributed by atoms with E-state index in [1.54, 1.807) is 19.1 Å². The van der Waals surface area contributed by atoms with Crippen LogP contribution >= 0.6 is 0 Å². The lowest BCUT2D eigenvalue weighted by atomic mass is 10.1. The number of ether oxygens (including phenoxy) is 2. The molecule has 110 valence electrons. The van der Waals surface area contributed by atoms with E-state index < -0.39 is 11.8 Å². The number of rotatable bonds is 4. The van der Waals surface area contributed by atoms with Crippen LogP contribution in [0.1, 0.15) is 21.5 Å². The summed E-state index contributed by atoms with van der Waals surface area (Å²) in [7, 11) is 1.45. The number of aryl methyl sites for hydroxylation is 1. The molecular weight excluding hydrogens is 275 g/mol. The molecule has 0 saturated heterocycles. The van der Waals surface area contributed by atoms with Gasteiger partial charge in [-0.25, -0.2) is 9.18 Å². The van der Waals surface area contributed by atoms with Gasteiger partial charge in [0.15, 0.2) is 0 Å². The predicted octanol–water partition coefficient (Wildman–Crippen LogP) is 3.21. The number of phenolic OH excluding ortho intramolecular Hbond substituents is 1. The van der Waals surface area contributed by atoms with E-state index in [1.165, 1.54) is 31.4 Å². The van der Waals surface area contributed by atoms with Gasteiger partial charge in [-0.3, -0.25) is 0 Å². The molecule has 0 aliphatic heterocycles. The van der Waals surface area contributed by atoms with E-state index in [2.05, 4.69) is 0 Å². The first-order valence-corrected chi connectivity index (χ1v) is 6.31. The fraction of sp³-hybridized carbons (Fsp3) is 0.188. The summed E-state index contributed by atoms with van der Waals surface area (Å²) in [6, 6.07) is 8.75. The predicted molar refractivity (Wildman–Crippen MR) is 74.9 cm³/mol. The largest absolute Gasteiger partial charge is 0.507 e. The zero-order valence-electron chi connectivity index (χ0n) is 11.7. The summed E-state index contributed by atoms with van der Waals surface area (Å²) in [5, 5.41) is 9.82. The van der Waals surface area contributed by atoms with Crippen LogP contribution in [0.25, 0.3) is 0 Å². The maximum absolute atomic E-state index is 13.2. The van der Waals surface area contributed by atoms with Crippen LogP contribution < -0.4 is 4.74 Å². The summed E-state index contributed by atoms with van der Waals surface area (Å²) in [6.07, 6.45) is 0. The van der Waals surface area contributed by atoms with Crippen LogP contribution in [0.2, 0.25) is 0 Å². The molecule has 1 N–H and O–H groups in total. The average Bonchev–Trinajstić information content (AvgIpc) is 2.47. The summed E-state index contributed by atoms with van der Waals surface area (Å²) in [6.45, 7) is 1.54. The Morgan fingerprint density at radius 1 is 1.29 bits per heavy atom. The van der Waals surface area contributed by atoms with Gasteiger partial charge in [0.05, 0.1) is 7.11 Å². The van der Waals surface area contributed by atoms with Gasteiger partial charge in [0.25, 0.3) is 0 Å². The molecule has 0 spiro atoms. The minimum Gasteiger partial charge on any atom is -0.507 e. The highest BCUT2D eigenvalue weighted by Crippen LogP contribution is 2.24. The number of carbonyl (C=O) groups is 1. The number of para-hydroxylation sites is 1. The molecule has 0 bridgehead atoms. The Kier molecular flexibility index (Phi) is 4.42. The quantitative estimate of drug-likeness (QED) is 0.878. The molecule has 5 heteroatoms. The lowest BCUT2D eigenvalue weighted by Crippen LogP contribution is -2.07. The third kappa shape index (κ3) is 3.31. The minimum absolute atomic E-state index is 0.0744. The van der Waals surface area contributed by atoms with Gasteiger partial charge in [-0.1, -0.05) is 12.1 Å². The van der Waals surface area contributed by atoms with Crippen molar-refractivity contribution < 1.29 is 23.8 Å². The molecular formula is C16H15FO4. The number of phenols is 1. The second-order valence-corrected chi connectivity index (χ2v) is 4.50. The molecule has 2 aromatic carbocycles. The zero-order valence-corrected chi connectivity index (χ0v) is 11.7. The highest BCUT2D eigenvalue weighted by atomic mass is 19.1. The summed E-state index contributed by atoms with van der Waals surface area (Å²) in [4.78, 5) is 12.0. The van der Waals surface area contributed by atoms with Crippen molar-refractivity contribution in [2.24, 2.45) is 0 Å².